The molecule has 0 saturated heterocycles. The lowest BCUT2D eigenvalue weighted by Gasteiger charge is -2.00. The van der Waals surface area contributed by atoms with Crippen LogP contribution in [-0.4, -0.2) is 26.1 Å². The van der Waals surface area contributed by atoms with Gasteiger partial charge in [0.1, 0.15) is 5.52 Å². The van der Waals surface area contributed by atoms with Gasteiger partial charge in [0.15, 0.2) is 0 Å². The number of carbonyl (C=O) groups is 1. The molecule has 0 amide bonds. The predicted molar refractivity (Wildman–Crippen MR) is 59.1 cm³/mol. The highest BCUT2D eigenvalue weighted by Gasteiger charge is 2.03. The molecule has 0 bridgehead atoms. The molecule has 0 unspecified atom stereocenters. The lowest BCUT2D eigenvalue weighted by Crippen LogP contribution is -1.96. The van der Waals surface area contributed by atoms with Crippen molar-refractivity contribution >= 4 is 17.0 Å². The Kier molecular flexibility index (Phi) is 2.85. The van der Waals surface area contributed by atoms with Crippen LogP contribution in [0, 0.1) is 0 Å². The maximum Gasteiger partial charge on any atom is 0.303 e. The Morgan fingerprint density at radius 2 is 2.31 bits per heavy atom. The highest BCUT2D eigenvalue weighted by molar-refractivity contribution is 5.74. The molecule has 0 radical (unpaired) electrons. The topological polar surface area (TPSA) is 68.0 Å². The second-order valence-electron chi connectivity index (χ2n) is 3.78. The van der Waals surface area contributed by atoms with E-state index in [2.05, 4.69) is 10.3 Å². The number of nitrogens with zero attached hydrogens (tertiary/aromatic N) is 3. The minimum Gasteiger partial charge on any atom is -0.481 e. The second kappa shape index (κ2) is 4.30. The van der Waals surface area contributed by atoms with E-state index in [1.54, 1.807) is 4.68 Å². The summed E-state index contributed by atoms with van der Waals surface area (Å²) in [5.41, 5.74) is 2.97. The molecule has 0 saturated carbocycles. The molecule has 0 aliphatic heterocycles. The number of hydrogen-bond donors (Lipinski definition) is 1. The van der Waals surface area contributed by atoms with Crippen molar-refractivity contribution in [2.45, 2.75) is 19.3 Å². The Morgan fingerprint density at radius 1 is 1.50 bits per heavy atom. The van der Waals surface area contributed by atoms with Gasteiger partial charge in [-0.3, -0.25) is 4.79 Å². The van der Waals surface area contributed by atoms with Gasteiger partial charge in [-0.25, -0.2) is 4.68 Å². The summed E-state index contributed by atoms with van der Waals surface area (Å²) in [5, 5.41) is 16.5. The first kappa shape index (κ1) is 10.6. The van der Waals surface area contributed by atoms with Gasteiger partial charge in [-0.15, -0.1) is 5.10 Å². The molecule has 0 spiro atoms. The summed E-state index contributed by atoms with van der Waals surface area (Å²) in [6.07, 6.45) is 1.64. The molecular weight excluding hydrogens is 206 g/mol. The zero-order valence-electron chi connectivity index (χ0n) is 9.05. The smallest absolute Gasteiger partial charge is 0.303 e. The van der Waals surface area contributed by atoms with E-state index < -0.39 is 5.97 Å². The molecule has 1 aromatic carbocycles. The van der Waals surface area contributed by atoms with Crippen LogP contribution in [0.2, 0.25) is 0 Å². The van der Waals surface area contributed by atoms with Crippen molar-refractivity contribution in [2.24, 2.45) is 7.05 Å². The van der Waals surface area contributed by atoms with Gasteiger partial charge in [0.05, 0.1) is 5.52 Å². The van der Waals surface area contributed by atoms with Gasteiger partial charge in [-0.05, 0) is 30.5 Å². The van der Waals surface area contributed by atoms with Crippen LogP contribution in [0.5, 0.6) is 0 Å². The third kappa shape index (κ3) is 2.18. The molecule has 2 aromatic rings. The van der Waals surface area contributed by atoms with E-state index in [-0.39, 0.29) is 6.42 Å². The molecule has 0 fully saturated rings. The molecule has 2 rings (SSSR count). The number of aromatic nitrogens is 3. The fourth-order valence-corrected chi connectivity index (χ4v) is 1.68. The average molecular weight is 219 g/mol. The lowest BCUT2D eigenvalue weighted by atomic mass is 10.1. The fourth-order valence-electron chi connectivity index (χ4n) is 1.68. The summed E-state index contributed by atoms with van der Waals surface area (Å²) in [5.74, 6) is -0.747. The van der Waals surface area contributed by atoms with Crippen molar-refractivity contribution in [3.63, 3.8) is 0 Å². The van der Waals surface area contributed by atoms with E-state index in [0.29, 0.717) is 6.42 Å². The fraction of sp³-hybridized carbons (Fsp3) is 0.364. The van der Waals surface area contributed by atoms with Crippen molar-refractivity contribution in [1.82, 2.24) is 15.0 Å². The molecule has 16 heavy (non-hydrogen) atoms. The van der Waals surface area contributed by atoms with Gasteiger partial charge < -0.3 is 5.11 Å². The molecule has 0 aliphatic rings. The SMILES string of the molecule is Cn1nnc2ccc(CCCC(=O)O)cc21. The Balaban J connectivity index is 2.12. The molecule has 84 valence electrons. The van der Waals surface area contributed by atoms with Gasteiger partial charge in [-0.2, -0.15) is 0 Å². The van der Waals surface area contributed by atoms with Crippen LogP contribution in [0.3, 0.4) is 0 Å². The lowest BCUT2D eigenvalue weighted by molar-refractivity contribution is -0.137. The normalized spacial score (nSPS) is 10.8. The average Bonchev–Trinajstić information content (AvgIpc) is 2.60. The van der Waals surface area contributed by atoms with Gasteiger partial charge in [0.2, 0.25) is 0 Å². The largest absolute Gasteiger partial charge is 0.481 e. The quantitative estimate of drug-likeness (QED) is 0.843. The molecule has 0 aliphatic carbocycles. The maximum atomic E-state index is 10.4. The van der Waals surface area contributed by atoms with E-state index in [4.69, 9.17) is 5.11 Å². The molecule has 1 N–H and O–H groups in total. The number of benzene rings is 1. The Hall–Kier alpha value is -1.91. The van der Waals surface area contributed by atoms with Gasteiger partial charge >= 0.3 is 5.97 Å². The minimum absolute atomic E-state index is 0.210. The molecule has 5 nitrogen and oxygen atoms in total. The van der Waals surface area contributed by atoms with E-state index in [1.165, 1.54) is 0 Å². The minimum atomic E-state index is -0.747. The van der Waals surface area contributed by atoms with Crippen molar-refractivity contribution in [2.75, 3.05) is 0 Å². The summed E-state index contributed by atoms with van der Waals surface area (Å²) in [6, 6.07) is 5.90. The molecule has 0 atom stereocenters. The predicted octanol–water partition coefficient (Wildman–Crippen LogP) is 1.38. The number of hydrogen-bond acceptors (Lipinski definition) is 3. The monoisotopic (exact) mass is 219 g/mol. The number of rotatable bonds is 4. The van der Waals surface area contributed by atoms with Crippen LogP contribution in [0.25, 0.3) is 11.0 Å². The van der Waals surface area contributed by atoms with Crippen LogP contribution >= 0.6 is 0 Å². The first-order chi connectivity index (χ1) is 7.66. The molecule has 1 heterocycles. The van der Waals surface area contributed by atoms with Crippen LogP contribution < -0.4 is 0 Å². The zero-order valence-corrected chi connectivity index (χ0v) is 9.05. The van der Waals surface area contributed by atoms with Crippen LogP contribution in [-0.2, 0) is 18.3 Å². The van der Waals surface area contributed by atoms with Crippen molar-refractivity contribution in [1.29, 1.82) is 0 Å². The van der Waals surface area contributed by atoms with E-state index in [9.17, 15) is 4.79 Å². The highest BCUT2D eigenvalue weighted by Crippen LogP contribution is 2.14. The van der Waals surface area contributed by atoms with Crippen LogP contribution in [0.1, 0.15) is 18.4 Å². The summed E-state index contributed by atoms with van der Waals surface area (Å²) < 4.78 is 1.72. The van der Waals surface area contributed by atoms with Crippen molar-refractivity contribution in [3.8, 4) is 0 Å². The first-order valence-electron chi connectivity index (χ1n) is 5.17. The molecule has 5 heteroatoms. The molecule has 1 aromatic heterocycles. The van der Waals surface area contributed by atoms with Crippen molar-refractivity contribution in [3.05, 3.63) is 23.8 Å². The number of aliphatic carboxylic acids is 1. The first-order valence-corrected chi connectivity index (χ1v) is 5.17. The third-order valence-electron chi connectivity index (χ3n) is 2.53. The highest BCUT2D eigenvalue weighted by atomic mass is 16.4. The third-order valence-corrected chi connectivity index (χ3v) is 2.53. The van der Waals surface area contributed by atoms with Gasteiger partial charge in [0, 0.05) is 13.5 Å². The van der Waals surface area contributed by atoms with Crippen molar-refractivity contribution < 1.29 is 9.90 Å². The van der Waals surface area contributed by atoms with Gasteiger partial charge in [0.25, 0.3) is 0 Å². The van der Waals surface area contributed by atoms with Crippen LogP contribution in [0.4, 0.5) is 0 Å². The number of fused-ring (bicyclic) bond motifs is 1. The summed E-state index contributed by atoms with van der Waals surface area (Å²) in [7, 11) is 1.84. The summed E-state index contributed by atoms with van der Waals surface area (Å²) >= 11 is 0. The zero-order chi connectivity index (χ0) is 11.5. The van der Waals surface area contributed by atoms with E-state index >= 15 is 0 Å². The Labute approximate surface area is 92.7 Å². The summed E-state index contributed by atoms with van der Waals surface area (Å²) in [6.45, 7) is 0. The van der Waals surface area contributed by atoms with Gasteiger partial charge in [-0.1, -0.05) is 11.3 Å². The maximum absolute atomic E-state index is 10.4. The Bertz CT molecular complexity index is 519. The summed E-state index contributed by atoms with van der Waals surface area (Å²) in [4.78, 5) is 10.4. The second-order valence-corrected chi connectivity index (χ2v) is 3.78. The number of carboxylic acids is 1. The Morgan fingerprint density at radius 3 is 3.06 bits per heavy atom. The number of aryl methyl sites for hydroxylation is 2. The van der Waals surface area contributed by atoms with E-state index in [0.717, 1.165) is 23.0 Å². The van der Waals surface area contributed by atoms with E-state index in [1.807, 2.05) is 25.2 Å². The standard InChI is InChI=1S/C11H13N3O2/c1-14-10-7-8(3-2-4-11(15)16)5-6-9(10)12-13-14/h5-7H,2-4H2,1H3,(H,15,16). The molecular formula is C11H13N3O2. The van der Waals surface area contributed by atoms with Crippen LogP contribution in [0.15, 0.2) is 18.2 Å². The number of carboxylic acid groups (broad SMARTS) is 1.